The lowest BCUT2D eigenvalue weighted by Crippen LogP contribution is -2.28. The molecule has 0 aliphatic heterocycles. The second-order valence-electron chi connectivity index (χ2n) is 5.51. The molecule has 0 aliphatic carbocycles. The minimum atomic E-state index is -0.140. The topological polar surface area (TPSA) is 81.9 Å². The molecule has 0 saturated heterocycles. The Balaban J connectivity index is 1.78. The van der Waals surface area contributed by atoms with Crippen LogP contribution in [-0.2, 0) is 11.8 Å². The van der Waals surface area contributed by atoms with Gasteiger partial charge in [0, 0.05) is 68.4 Å². The van der Waals surface area contributed by atoms with Crippen LogP contribution in [-0.4, -0.2) is 45.7 Å². The van der Waals surface area contributed by atoms with E-state index in [0.717, 1.165) is 16.7 Å². The third-order valence-electron chi connectivity index (χ3n) is 3.73. The molecule has 0 saturated carbocycles. The fourth-order valence-corrected chi connectivity index (χ4v) is 2.43. The van der Waals surface area contributed by atoms with Crippen molar-refractivity contribution in [3.8, 4) is 22.5 Å². The molecular weight excluding hydrogens is 318 g/mol. The highest BCUT2D eigenvalue weighted by Gasteiger charge is 2.13. The van der Waals surface area contributed by atoms with E-state index < -0.39 is 0 Å². The van der Waals surface area contributed by atoms with Gasteiger partial charge in [-0.2, -0.15) is 0 Å². The number of carbonyl (C=O) groups excluding carboxylic acids is 1. The fraction of sp³-hybridized carbons (Fsp3) is 0.222. The van der Waals surface area contributed by atoms with Crippen LogP contribution in [0.2, 0.25) is 0 Å². The minimum absolute atomic E-state index is 0.140. The van der Waals surface area contributed by atoms with Crippen LogP contribution in [0.15, 0.2) is 49.2 Å². The predicted octanol–water partition coefficient (Wildman–Crippen LogP) is 1.92. The van der Waals surface area contributed by atoms with Crippen LogP contribution in [0, 0.1) is 0 Å². The van der Waals surface area contributed by atoms with Crippen LogP contribution < -0.4 is 5.32 Å². The average molecular weight is 337 g/mol. The fourth-order valence-electron chi connectivity index (χ4n) is 2.43. The molecular formula is C18H19N5O2. The van der Waals surface area contributed by atoms with E-state index >= 15 is 0 Å². The van der Waals surface area contributed by atoms with E-state index in [2.05, 4.69) is 20.3 Å². The first-order valence-electron chi connectivity index (χ1n) is 7.85. The first-order valence-corrected chi connectivity index (χ1v) is 7.85. The third-order valence-corrected chi connectivity index (χ3v) is 3.73. The summed E-state index contributed by atoms with van der Waals surface area (Å²) < 4.78 is 6.72. The number of hydrogen-bond donors (Lipinski definition) is 1. The largest absolute Gasteiger partial charge is 0.383 e. The second-order valence-corrected chi connectivity index (χ2v) is 5.51. The molecule has 1 N–H and O–H groups in total. The minimum Gasteiger partial charge on any atom is -0.383 e. The summed E-state index contributed by atoms with van der Waals surface area (Å²) in [6, 6.07) is 5.58. The van der Waals surface area contributed by atoms with E-state index in [9.17, 15) is 4.79 Å². The first-order chi connectivity index (χ1) is 12.2. The molecule has 3 aromatic heterocycles. The Kier molecular flexibility index (Phi) is 5.15. The third kappa shape index (κ3) is 3.89. The van der Waals surface area contributed by atoms with E-state index in [1.807, 2.05) is 31.4 Å². The number of methoxy groups -OCH3 is 1. The molecule has 0 atom stereocenters. The van der Waals surface area contributed by atoms with E-state index in [-0.39, 0.29) is 5.91 Å². The molecule has 0 bridgehead atoms. The Morgan fingerprint density at radius 3 is 2.68 bits per heavy atom. The van der Waals surface area contributed by atoms with Gasteiger partial charge >= 0.3 is 0 Å². The maximum atomic E-state index is 12.2. The molecule has 0 fully saturated rings. The molecule has 3 heterocycles. The monoisotopic (exact) mass is 337 g/mol. The molecule has 0 unspecified atom stereocenters. The zero-order valence-electron chi connectivity index (χ0n) is 14.1. The molecule has 0 radical (unpaired) electrons. The van der Waals surface area contributed by atoms with Gasteiger partial charge in [-0.25, -0.2) is 9.97 Å². The van der Waals surface area contributed by atoms with Gasteiger partial charge in [0.2, 0.25) is 0 Å². The van der Waals surface area contributed by atoms with Gasteiger partial charge in [-0.15, -0.1) is 0 Å². The Labute approximate surface area is 145 Å². The van der Waals surface area contributed by atoms with Crippen LogP contribution in [0.4, 0.5) is 0 Å². The number of nitrogens with one attached hydrogen (secondary N) is 1. The van der Waals surface area contributed by atoms with Gasteiger partial charge in [0.25, 0.3) is 5.91 Å². The number of carbonyl (C=O) groups is 1. The number of amides is 1. The lowest BCUT2D eigenvalue weighted by atomic mass is 10.1. The van der Waals surface area contributed by atoms with Crippen LogP contribution in [0.5, 0.6) is 0 Å². The second kappa shape index (κ2) is 7.67. The Morgan fingerprint density at radius 2 is 2.00 bits per heavy atom. The van der Waals surface area contributed by atoms with Crippen molar-refractivity contribution in [1.29, 1.82) is 0 Å². The average Bonchev–Trinajstić information content (AvgIpc) is 3.04. The molecule has 7 nitrogen and oxygen atoms in total. The summed E-state index contributed by atoms with van der Waals surface area (Å²) in [4.78, 5) is 25.1. The number of nitrogens with zero attached hydrogens (tertiary/aromatic N) is 4. The highest BCUT2D eigenvalue weighted by molar-refractivity contribution is 5.94. The van der Waals surface area contributed by atoms with E-state index in [4.69, 9.17) is 4.74 Å². The highest BCUT2D eigenvalue weighted by Crippen LogP contribution is 2.22. The van der Waals surface area contributed by atoms with Gasteiger partial charge < -0.3 is 14.6 Å². The first kappa shape index (κ1) is 16.8. The standard InChI is InChI=1S/C18H19N5O2/c1-23-12-14(8-16(23)18(24)20-6-7-25-2)15-10-21-17(22-11-15)13-4-3-5-19-9-13/h3-5,8-12H,6-7H2,1-2H3,(H,20,24). The quantitative estimate of drug-likeness (QED) is 0.695. The smallest absolute Gasteiger partial charge is 0.267 e. The molecule has 0 spiro atoms. The van der Waals surface area contributed by atoms with Gasteiger partial charge in [-0.3, -0.25) is 9.78 Å². The van der Waals surface area contributed by atoms with Crippen LogP contribution >= 0.6 is 0 Å². The van der Waals surface area contributed by atoms with Crippen molar-refractivity contribution < 1.29 is 9.53 Å². The maximum absolute atomic E-state index is 12.2. The summed E-state index contributed by atoms with van der Waals surface area (Å²) in [6.45, 7) is 0.950. The maximum Gasteiger partial charge on any atom is 0.267 e. The highest BCUT2D eigenvalue weighted by atomic mass is 16.5. The molecule has 3 aromatic rings. The SMILES string of the molecule is COCCNC(=O)c1cc(-c2cnc(-c3cccnc3)nc2)cn1C. The summed E-state index contributed by atoms with van der Waals surface area (Å²) >= 11 is 0. The van der Waals surface area contributed by atoms with Gasteiger partial charge in [0.15, 0.2) is 5.82 Å². The van der Waals surface area contributed by atoms with Crippen molar-refractivity contribution in [2.45, 2.75) is 0 Å². The summed E-state index contributed by atoms with van der Waals surface area (Å²) in [7, 11) is 3.43. The van der Waals surface area contributed by atoms with E-state index in [0.29, 0.717) is 24.7 Å². The molecule has 7 heteroatoms. The van der Waals surface area contributed by atoms with Gasteiger partial charge in [0.1, 0.15) is 5.69 Å². The van der Waals surface area contributed by atoms with E-state index in [1.54, 1.807) is 36.5 Å². The summed E-state index contributed by atoms with van der Waals surface area (Å²) in [5.74, 6) is 0.476. The Bertz CT molecular complexity index is 844. The van der Waals surface area contributed by atoms with Gasteiger partial charge in [-0.05, 0) is 18.2 Å². The number of aryl methyl sites for hydroxylation is 1. The van der Waals surface area contributed by atoms with Crippen molar-refractivity contribution in [3.63, 3.8) is 0 Å². The molecule has 0 aromatic carbocycles. The van der Waals surface area contributed by atoms with Crippen LogP contribution in [0.25, 0.3) is 22.5 Å². The number of aromatic nitrogens is 4. The van der Waals surface area contributed by atoms with Crippen LogP contribution in [0.3, 0.4) is 0 Å². The van der Waals surface area contributed by atoms with Crippen molar-refractivity contribution >= 4 is 5.91 Å². The van der Waals surface area contributed by atoms with Crippen molar-refractivity contribution in [1.82, 2.24) is 24.8 Å². The summed E-state index contributed by atoms with van der Waals surface area (Å²) in [5.41, 5.74) is 3.17. The molecule has 1 amide bonds. The number of ether oxygens (including phenoxy) is 1. The Hall–Kier alpha value is -3.06. The van der Waals surface area contributed by atoms with Gasteiger partial charge in [0.05, 0.1) is 6.61 Å². The van der Waals surface area contributed by atoms with Crippen LogP contribution in [0.1, 0.15) is 10.5 Å². The molecule has 0 aliphatic rings. The van der Waals surface area contributed by atoms with Crippen molar-refractivity contribution in [3.05, 3.63) is 54.9 Å². The summed E-state index contributed by atoms with van der Waals surface area (Å²) in [5, 5.41) is 2.81. The lowest BCUT2D eigenvalue weighted by Gasteiger charge is -2.04. The molecule has 25 heavy (non-hydrogen) atoms. The Morgan fingerprint density at radius 1 is 1.20 bits per heavy atom. The number of hydrogen-bond acceptors (Lipinski definition) is 5. The number of pyridine rings is 1. The van der Waals surface area contributed by atoms with E-state index in [1.165, 1.54) is 0 Å². The van der Waals surface area contributed by atoms with Gasteiger partial charge in [-0.1, -0.05) is 0 Å². The summed E-state index contributed by atoms with van der Waals surface area (Å²) in [6.07, 6.45) is 8.81. The number of rotatable bonds is 6. The van der Waals surface area contributed by atoms with Crippen molar-refractivity contribution in [2.75, 3.05) is 20.3 Å². The molecule has 3 rings (SSSR count). The predicted molar refractivity (Wildman–Crippen MR) is 93.9 cm³/mol. The normalized spacial score (nSPS) is 10.6. The zero-order chi connectivity index (χ0) is 17.6. The lowest BCUT2D eigenvalue weighted by molar-refractivity contribution is 0.0929. The zero-order valence-corrected chi connectivity index (χ0v) is 14.1. The van der Waals surface area contributed by atoms with Crippen molar-refractivity contribution in [2.24, 2.45) is 7.05 Å². The molecule has 128 valence electrons.